The van der Waals surface area contributed by atoms with Crippen molar-refractivity contribution < 1.29 is 13.2 Å². The van der Waals surface area contributed by atoms with Crippen molar-refractivity contribution in [3.8, 4) is 0 Å². The fraction of sp³-hybridized carbons (Fsp3) is 0.750. The van der Waals surface area contributed by atoms with Crippen molar-refractivity contribution in [3.63, 3.8) is 0 Å². The van der Waals surface area contributed by atoms with Crippen molar-refractivity contribution >= 4 is 0 Å². The van der Waals surface area contributed by atoms with E-state index in [-0.39, 0.29) is 5.57 Å². The molecule has 0 heterocycles. The van der Waals surface area contributed by atoms with Crippen LogP contribution in [0.3, 0.4) is 0 Å². The van der Waals surface area contributed by atoms with Crippen LogP contribution >= 0.6 is 0 Å². The van der Waals surface area contributed by atoms with E-state index >= 15 is 0 Å². The molecule has 0 fully saturated rings. The van der Waals surface area contributed by atoms with Gasteiger partial charge in [0.15, 0.2) is 0 Å². The van der Waals surface area contributed by atoms with E-state index < -0.39 is 12.2 Å². The summed E-state index contributed by atoms with van der Waals surface area (Å²) in [7, 11) is 0. The van der Waals surface area contributed by atoms with Gasteiger partial charge in [0.1, 0.15) is 6.04 Å². The van der Waals surface area contributed by atoms with Gasteiger partial charge >= 0.3 is 6.18 Å². The molecule has 0 aliphatic rings. The molecule has 1 nitrogen and oxygen atoms in total. The Balaban J connectivity index is 4.15. The molecule has 1 N–H and O–H groups in total. The smallest absolute Gasteiger partial charge is 0.303 e. The van der Waals surface area contributed by atoms with Crippen molar-refractivity contribution in [2.24, 2.45) is 0 Å². The lowest BCUT2D eigenvalue weighted by Gasteiger charge is -2.21. The standard InChI is InChI=1S/C8H14F3N/c1-4-5-12-7(6(2)3)8(9,10)11/h7,12H,2,4-5H2,1,3H3. The molecule has 0 bridgehead atoms. The highest BCUT2D eigenvalue weighted by molar-refractivity contribution is 5.05. The third-order valence-electron chi connectivity index (χ3n) is 1.42. The van der Waals surface area contributed by atoms with Crippen LogP contribution in [0.15, 0.2) is 12.2 Å². The number of rotatable bonds is 4. The first-order chi connectivity index (χ1) is 5.39. The molecule has 4 heteroatoms. The van der Waals surface area contributed by atoms with Gasteiger partial charge in [0.25, 0.3) is 0 Å². The second kappa shape index (κ2) is 4.50. The number of halogens is 3. The SMILES string of the molecule is C=C(C)C(NCCC)C(F)(F)F. The lowest BCUT2D eigenvalue weighted by atomic mass is 10.1. The molecule has 0 amide bonds. The van der Waals surface area contributed by atoms with E-state index in [0.717, 1.165) is 0 Å². The summed E-state index contributed by atoms with van der Waals surface area (Å²) in [5, 5.41) is 2.38. The minimum absolute atomic E-state index is 0.107. The maximum atomic E-state index is 12.2. The zero-order chi connectivity index (χ0) is 9.78. The average molecular weight is 181 g/mol. The van der Waals surface area contributed by atoms with E-state index in [1.54, 1.807) is 0 Å². The van der Waals surface area contributed by atoms with Gasteiger partial charge in [-0.2, -0.15) is 13.2 Å². The third kappa shape index (κ3) is 3.76. The highest BCUT2D eigenvalue weighted by atomic mass is 19.4. The quantitative estimate of drug-likeness (QED) is 0.657. The molecule has 0 aliphatic heterocycles. The fourth-order valence-electron chi connectivity index (χ4n) is 0.858. The van der Waals surface area contributed by atoms with Gasteiger partial charge in [-0.25, -0.2) is 0 Å². The maximum Gasteiger partial charge on any atom is 0.407 e. The second-order valence-electron chi connectivity index (χ2n) is 2.78. The molecule has 0 aromatic carbocycles. The molecule has 0 spiro atoms. The summed E-state index contributed by atoms with van der Waals surface area (Å²) < 4.78 is 36.5. The van der Waals surface area contributed by atoms with E-state index in [1.165, 1.54) is 6.92 Å². The minimum atomic E-state index is -4.22. The molecule has 72 valence electrons. The first-order valence-corrected chi connectivity index (χ1v) is 3.85. The lowest BCUT2D eigenvalue weighted by molar-refractivity contribution is -0.146. The van der Waals surface area contributed by atoms with Crippen LogP contribution in [-0.2, 0) is 0 Å². The topological polar surface area (TPSA) is 12.0 Å². The Kier molecular flexibility index (Phi) is 4.31. The molecule has 0 aliphatic carbocycles. The Morgan fingerprint density at radius 2 is 2.00 bits per heavy atom. The normalized spacial score (nSPS) is 14.4. The van der Waals surface area contributed by atoms with Gasteiger partial charge in [0, 0.05) is 0 Å². The molecule has 0 saturated carbocycles. The van der Waals surface area contributed by atoms with Gasteiger partial charge in [-0.15, -0.1) is 0 Å². The van der Waals surface area contributed by atoms with Crippen LogP contribution in [0.1, 0.15) is 20.3 Å². The summed E-state index contributed by atoms with van der Waals surface area (Å²) in [5.41, 5.74) is 0.107. The van der Waals surface area contributed by atoms with Crippen LogP contribution in [0.25, 0.3) is 0 Å². The molecular formula is C8H14F3N. The molecular weight excluding hydrogens is 167 g/mol. The van der Waals surface area contributed by atoms with Crippen molar-refractivity contribution in [2.45, 2.75) is 32.5 Å². The molecule has 0 radical (unpaired) electrons. The summed E-state index contributed by atoms with van der Waals surface area (Å²) >= 11 is 0. The predicted molar refractivity (Wildman–Crippen MR) is 43.0 cm³/mol. The number of hydrogen-bond donors (Lipinski definition) is 1. The van der Waals surface area contributed by atoms with Crippen LogP contribution in [0.5, 0.6) is 0 Å². The molecule has 0 saturated heterocycles. The third-order valence-corrected chi connectivity index (χ3v) is 1.42. The summed E-state index contributed by atoms with van der Waals surface area (Å²) in [6.45, 7) is 6.84. The average Bonchev–Trinajstić information content (AvgIpc) is 1.84. The number of nitrogens with one attached hydrogen (secondary N) is 1. The van der Waals surface area contributed by atoms with Gasteiger partial charge < -0.3 is 5.32 Å². The first-order valence-electron chi connectivity index (χ1n) is 3.85. The Morgan fingerprint density at radius 3 is 2.25 bits per heavy atom. The molecule has 0 aromatic heterocycles. The van der Waals surface area contributed by atoms with E-state index in [0.29, 0.717) is 13.0 Å². The van der Waals surface area contributed by atoms with E-state index in [9.17, 15) is 13.2 Å². The molecule has 0 aromatic rings. The predicted octanol–water partition coefficient (Wildman–Crippen LogP) is 2.49. The van der Waals surface area contributed by atoms with Crippen molar-refractivity contribution in [2.75, 3.05) is 6.54 Å². The van der Waals surface area contributed by atoms with Gasteiger partial charge in [-0.05, 0) is 19.9 Å². The van der Waals surface area contributed by atoms with Crippen LogP contribution < -0.4 is 5.32 Å². The number of alkyl halides is 3. The Hall–Kier alpha value is -0.510. The largest absolute Gasteiger partial charge is 0.407 e. The van der Waals surface area contributed by atoms with Crippen molar-refractivity contribution in [1.29, 1.82) is 0 Å². The lowest BCUT2D eigenvalue weighted by Crippen LogP contribution is -2.43. The fourth-order valence-corrected chi connectivity index (χ4v) is 0.858. The molecule has 0 rings (SSSR count). The summed E-state index contributed by atoms with van der Waals surface area (Å²) in [6, 6.07) is -1.56. The molecule has 12 heavy (non-hydrogen) atoms. The zero-order valence-electron chi connectivity index (χ0n) is 7.33. The molecule has 1 atom stereocenters. The Labute approximate surface area is 70.7 Å². The summed E-state index contributed by atoms with van der Waals surface area (Å²) in [5.74, 6) is 0. The summed E-state index contributed by atoms with van der Waals surface area (Å²) in [6.07, 6.45) is -3.54. The highest BCUT2D eigenvalue weighted by Gasteiger charge is 2.39. The van der Waals surface area contributed by atoms with Crippen molar-refractivity contribution in [1.82, 2.24) is 5.32 Å². The van der Waals surface area contributed by atoms with Crippen LogP contribution in [-0.4, -0.2) is 18.8 Å². The van der Waals surface area contributed by atoms with E-state index in [4.69, 9.17) is 0 Å². The molecule has 1 unspecified atom stereocenters. The van der Waals surface area contributed by atoms with Crippen LogP contribution in [0.4, 0.5) is 13.2 Å². The van der Waals surface area contributed by atoms with Gasteiger partial charge in [-0.3, -0.25) is 0 Å². The van der Waals surface area contributed by atoms with Gasteiger partial charge in [0.2, 0.25) is 0 Å². The van der Waals surface area contributed by atoms with E-state index in [2.05, 4.69) is 11.9 Å². The highest BCUT2D eigenvalue weighted by Crippen LogP contribution is 2.24. The van der Waals surface area contributed by atoms with Gasteiger partial charge in [-0.1, -0.05) is 19.1 Å². The number of hydrogen-bond acceptors (Lipinski definition) is 1. The first kappa shape index (κ1) is 11.5. The van der Waals surface area contributed by atoms with Crippen molar-refractivity contribution in [3.05, 3.63) is 12.2 Å². The second-order valence-corrected chi connectivity index (χ2v) is 2.78. The van der Waals surface area contributed by atoms with Crippen LogP contribution in [0, 0.1) is 0 Å². The summed E-state index contributed by atoms with van der Waals surface area (Å²) in [4.78, 5) is 0. The monoisotopic (exact) mass is 181 g/mol. The minimum Gasteiger partial charge on any atom is -0.303 e. The zero-order valence-corrected chi connectivity index (χ0v) is 7.33. The van der Waals surface area contributed by atoms with E-state index in [1.807, 2.05) is 6.92 Å². The van der Waals surface area contributed by atoms with Gasteiger partial charge in [0.05, 0.1) is 0 Å². The maximum absolute atomic E-state index is 12.2. The Morgan fingerprint density at radius 1 is 1.50 bits per heavy atom. The van der Waals surface area contributed by atoms with Crippen LogP contribution in [0.2, 0.25) is 0 Å². The Bertz CT molecular complexity index is 151.